The third kappa shape index (κ3) is 4.13. The van der Waals surface area contributed by atoms with Crippen LogP contribution in [0, 0.1) is 10.1 Å². The topological polar surface area (TPSA) is 85.3 Å². The van der Waals surface area contributed by atoms with Crippen LogP contribution in [-0.2, 0) is 6.54 Å². The van der Waals surface area contributed by atoms with Gasteiger partial charge in [0, 0.05) is 17.7 Å². The number of non-ortho nitro benzene ring substituents is 1. The van der Waals surface area contributed by atoms with E-state index in [1.807, 2.05) is 0 Å². The fraction of sp³-hybridized carbons (Fsp3) is 0.500. The molecule has 1 saturated heterocycles. The van der Waals surface area contributed by atoms with Crippen molar-refractivity contribution in [2.45, 2.75) is 38.6 Å². The molecule has 0 atom stereocenters. The van der Waals surface area contributed by atoms with Crippen LogP contribution in [0.2, 0.25) is 0 Å². The summed E-state index contributed by atoms with van der Waals surface area (Å²) in [5.74, 6) is 1.07. The molecule has 0 N–H and O–H groups in total. The molecule has 2 aromatic rings. The Hall–Kier alpha value is -2.28. The molecule has 2 heterocycles. The Kier molecular flexibility index (Phi) is 4.97. The number of hydrogen-bond donors (Lipinski definition) is 0. The van der Waals surface area contributed by atoms with Gasteiger partial charge in [-0.3, -0.25) is 15.0 Å². The van der Waals surface area contributed by atoms with Gasteiger partial charge in [0.05, 0.1) is 11.5 Å². The summed E-state index contributed by atoms with van der Waals surface area (Å²) in [6.07, 6.45) is 6.33. The molecule has 1 fully saturated rings. The second kappa shape index (κ2) is 7.32. The lowest BCUT2D eigenvalue weighted by Crippen LogP contribution is -2.27. The summed E-state index contributed by atoms with van der Waals surface area (Å²) in [5.41, 5.74) is 0.774. The van der Waals surface area contributed by atoms with Gasteiger partial charge in [0.25, 0.3) is 5.69 Å². The summed E-state index contributed by atoms with van der Waals surface area (Å²) >= 11 is 0. The Morgan fingerprint density at radius 2 is 1.74 bits per heavy atom. The first-order valence-corrected chi connectivity index (χ1v) is 8.02. The molecule has 0 radical (unpaired) electrons. The summed E-state index contributed by atoms with van der Waals surface area (Å²) in [6, 6.07) is 6.18. The molecule has 0 bridgehead atoms. The van der Waals surface area contributed by atoms with Crippen molar-refractivity contribution in [2.75, 3.05) is 13.1 Å². The fourth-order valence-corrected chi connectivity index (χ4v) is 2.83. The van der Waals surface area contributed by atoms with E-state index in [9.17, 15) is 10.1 Å². The van der Waals surface area contributed by atoms with E-state index in [1.54, 1.807) is 12.1 Å². The minimum atomic E-state index is -0.423. The van der Waals surface area contributed by atoms with E-state index in [0.717, 1.165) is 18.7 Å². The van der Waals surface area contributed by atoms with Crippen molar-refractivity contribution in [3.8, 4) is 11.4 Å². The third-order valence-electron chi connectivity index (χ3n) is 4.11. The molecule has 1 aliphatic heterocycles. The highest BCUT2D eigenvalue weighted by atomic mass is 16.6. The van der Waals surface area contributed by atoms with Crippen molar-refractivity contribution >= 4 is 5.69 Å². The molecule has 0 aliphatic carbocycles. The molecule has 7 nitrogen and oxygen atoms in total. The van der Waals surface area contributed by atoms with Gasteiger partial charge in [-0.15, -0.1) is 0 Å². The number of nitrogens with zero attached hydrogens (tertiary/aromatic N) is 4. The van der Waals surface area contributed by atoms with Crippen LogP contribution in [0.3, 0.4) is 0 Å². The molecule has 23 heavy (non-hydrogen) atoms. The zero-order valence-electron chi connectivity index (χ0n) is 13.0. The molecule has 122 valence electrons. The largest absolute Gasteiger partial charge is 0.338 e. The molecule has 1 aromatic carbocycles. The maximum absolute atomic E-state index is 10.7. The summed E-state index contributed by atoms with van der Waals surface area (Å²) < 4.78 is 5.33. The minimum Gasteiger partial charge on any atom is -0.338 e. The van der Waals surface area contributed by atoms with Crippen molar-refractivity contribution in [1.82, 2.24) is 15.0 Å². The fourth-order valence-electron chi connectivity index (χ4n) is 2.83. The minimum absolute atomic E-state index is 0.0538. The molecule has 1 aromatic heterocycles. The smallest absolute Gasteiger partial charge is 0.269 e. The molecule has 7 heteroatoms. The number of aromatic nitrogens is 2. The molecular weight excluding hydrogens is 296 g/mol. The normalized spacial score (nSPS) is 16.7. The van der Waals surface area contributed by atoms with Gasteiger partial charge in [0.15, 0.2) is 0 Å². The number of nitro groups is 1. The Morgan fingerprint density at radius 1 is 1.09 bits per heavy atom. The van der Waals surface area contributed by atoms with Gasteiger partial charge in [0.2, 0.25) is 11.7 Å². The lowest BCUT2D eigenvalue weighted by molar-refractivity contribution is -0.384. The Morgan fingerprint density at radius 3 is 2.39 bits per heavy atom. The molecule has 3 rings (SSSR count). The van der Waals surface area contributed by atoms with E-state index < -0.39 is 4.92 Å². The van der Waals surface area contributed by atoms with Crippen LogP contribution < -0.4 is 0 Å². The Bertz CT molecular complexity index is 646. The Labute approximate surface area is 134 Å². The average molecular weight is 316 g/mol. The van der Waals surface area contributed by atoms with Gasteiger partial charge >= 0.3 is 0 Å². The van der Waals surface area contributed by atoms with Crippen LogP contribution in [0.5, 0.6) is 0 Å². The molecular formula is C16H20N4O3. The lowest BCUT2D eigenvalue weighted by atomic mass is 10.1. The molecule has 0 unspecified atom stereocenters. The predicted octanol–water partition coefficient (Wildman–Crippen LogP) is 3.41. The van der Waals surface area contributed by atoms with Crippen LogP contribution in [-0.4, -0.2) is 33.1 Å². The number of rotatable bonds is 4. The van der Waals surface area contributed by atoms with Gasteiger partial charge in [-0.2, -0.15) is 4.98 Å². The first-order chi connectivity index (χ1) is 11.2. The van der Waals surface area contributed by atoms with Crippen molar-refractivity contribution in [3.63, 3.8) is 0 Å². The molecule has 1 aliphatic rings. The van der Waals surface area contributed by atoms with Gasteiger partial charge in [0.1, 0.15) is 0 Å². The molecule has 0 spiro atoms. The number of nitro benzene ring substituents is 1. The van der Waals surface area contributed by atoms with Crippen molar-refractivity contribution < 1.29 is 9.45 Å². The first-order valence-electron chi connectivity index (χ1n) is 8.02. The highest BCUT2D eigenvalue weighted by molar-refractivity contribution is 5.56. The third-order valence-corrected chi connectivity index (χ3v) is 4.11. The van der Waals surface area contributed by atoms with Crippen LogP contribution in [0.1, 0.15) is 38.0 Å². The number of likely N-dealkylation sites (tertiary alicyclic amines) is 1. The van der Waals surface area contributed by atoms with E-state index in [1.165, 1.54) is 44.2 Å². The van der Waals surface area contributed by atoms with Crippen LogP contribution in [0.15, 0.2) is 28.8 Å². The van der Waals surface area contributed by atoms with Crippen molar-refractivity contribution in [3.05, 3.63) is 40.3 Å². The zero-order valence-corrected chi connectivity index (χ0v) is 13.0. The van der Waals surface area contributed by atoms with Crippen molar-refractivity contribution in [1.29, 1.82) is 0 Å². The van der Waals surface area contributed by atoms with E-state index in [-0.39, 0.29) is 5.69 Å². The second-order valence-electron chi connectivity index (χ2n) is 5.86. The van der Waals surface area contributed by atoms with Gasteiger partial charge in [-0.1, -0.05) is 24.4 Å². The summed E-state index contributed by atoms with van der Waals surface area (Å²) in [5, 5.41) is 14.7. The van der Waals surface area contributed by atoms with Gasteiger partial charge in [-0.05, 0) is 38.1 Å². The SMILES string of the molecule is O=[N+]([O-])c1ccc(-c2noc(CN3CCCCCCC3)n2)cc1. The number of benzene rings is 1. The van der Waals surface area contributed by atoms with E-state index in [4.69, 9.17) is 4.52 Å². The molecule has 0 amide bonds. The number of hydrogen-bond acceptors (Lipinski definition) is 6. The molecule has 0 saturated carbocycles. The van der Waals surface area contributed by atoms with Crippen LogP contribution in [0.4, 0.5) is 5.69 Å². The Balaban J connectivity index is 1.66. The summed E-state index contributed by atoms with van der Waals surface area (Å²) in [6.45, 7) is 2.80. The predicted molar refractivity (Wildman–Crippen MR) is 84.8 cm³/mol. The highest BCUT2D eigenvalue weighted by Crippen LogP contribution is 2.20. The van der Waals surface area contributed by atoms with Crippen molar-refractivity contribution in [2.24, 2.45) is 0 Å². The van der Waals surface area contributed by atoms with Crippen LogP contribution >= 0.6 is 0 Å². The average Bonchev–Trinajstić information content (AvgIpc) is 2.98. The van der Waals surface area contributed by atoms with E-state index in [2.05, 4.69) is 15.0 Å². The van der Waals surface area contributed by atoms with Gasteiger partial charge < -0.3 is 4.52 Å². The van der Waals surface area contributed by atoms with Crippen LogP contribution in [0.25, 0.3) is 11.4 Å². The standard InChI is InChI=1S/C16H20N4O3/c21-20(22)14-8-6-13(7-9-14)16-17-15(23-18-16)12-19-10-4-2-1-3-5-11-19/h6-9H,1-5,10-12H2. The zero-order chi connectivity index (χ0) is 16.1. The second-order valence-corrected chi connectivity index (χ2v) is 5.86. The van der Waals surface area contributed by atoms with E-state index >= 15 is 0 Å². The van der Waals surface area contributed by atoms with E-state index in [0.29, 0.717) is 18.3 Å². The summed E-state index contributed by atoms with van der Waals surface area (Å²) in [7, 11) is 0. The maximum Gasteiger partial charge on any atom is 0.269 e. The quantitative estimate of drug-likeness (QED) is 0.634. The summed E-state index contributed by atoms with van der Waals surface area (Å²) in [4.78, 5) is 17.0. The first kappa shape index (κ1) is 15.6. The maximum atomic E-state index is 10.7. The van der Waals surface area contributed by atoms with Gasteiger partial charge in [-0.25, -0.2) is 0 Å². The monoisotopic (exact) mass is 316 g/mol. The lowest BCUT2D eigenvalue weighted by Gasteiger charge is -2.22. The highest BCUT2D eigenvalue weighted by Gasteiger charge is 2.15.